The molecular formula is C29H29N3O5. The van der Waals surface area contributed by atoms with E-state index >= 15 is 0 Å². The third kappa shape index (κ3) is 4.80. The third-order valence-corrected chi connectivity index (χ3v) is 6.73. The second kappa shape index (κ2) is 10.1. The molecule has 8 heteroatoms. The summed E-state index contributed by atoms with van der Waals surface area (Å²) in [4.78, 5) is 31.9. The Kier molecular flexibility index (Phi) is 6.67. The predicted octanol–water partition coefficient (Wildman–Crippen LogP) is 5.18. The van der Waals surface area contributed by atoms with Crippen molar-refractivity contribution < 1.29 is 19.1 Å². The minimum atomic E-state index is -1.01. The van der Waals surface area contributed by atoms with Crippen molar-refractivity contribution >= 4 is 28.4 Å². The molecule has 0 unspecified atom stereocenters. The molecule has 3 heterocycles. The maximum Gasteiger partial charge on any atom is 0.337 e. The number of fused-ring (bicyclic) bond motifs is 1. The van der Waals surface area contributed by atoms with Gasteiger partial charge in [-0.05, 0) is 56.7 Å². The molecule has 4 aromatic rings. The molecule has 5 rings (SSSR count). The van der Waals surface area contributed by atoms with Crippen LogP contribution in [0, 0.1) is 13.8 Å². The molecule has 0 spiro atoms. The minimum absolute atomic E-state index is 0.0935. The van der Waals surface area contributed by atoms with Crippen LogP contribution in [0.4, 0.5) is 11.5 Å². The predicted molar refractivity (Wildman–Crippen MR) is 144 cm³/mol. The molecule has 0 bridgehead atoms. The normalized spacial score (nSPS) is 14.5. The van der Waals surface area contributed by atoms with Crippen LogP contribution in [0.5, 0.6) is 0 Å². The number of pyridine rings is 1. The number of carboxylic acid groups (broad SMARTS) is 1. The summed E-state index contributed by atoms with van der Waals surface area (Å²) >= 11 is 0. The van der Waals surface area contributed by atoms with E-state index in [-0.39, 0.29) is 17.0 Å². The number of hydrogen-bond acceptors (Lipinski definition) is 7. The molecule has 1 atom stereocenters. The van der Waals surface area contributed by atoms with E-state index in [1.807, 2.05) is 38.1 Å². The van der Waals surface area contributed by atoms with Crippen LogP contribution in [-0.2, 0) is 4.74 Å². The average Bonchev–Trinajstić information content (AvgIpc) is 2.91. The van der Waals surface area contributed by atoms with Crippen molar-refractivity contribution in [2.24, 2.45) is 0 Å². The maximum absolute atomic E-state index is 13.5. The standard InChI is InChI=1S/C29H29N3O5/c1-17-14-22(19(3)31-24-7-5-4-6-21(24)29(34)35)28-23(15-17)26(33)18(2)27(37-28)20-8-9-30-25(16-20)32-10-12-36-13-11-32/h4-9,14-16,19,31H,10-13H2,1-3H3,(H,34,35)/t19-/m1/s1. The van der Waals surface area contributed by atoms with Gasteiger partial charge in [-0.3, -0.25) is 4.79 Å². The summed E-state index contributed by atoms with van der Waals surface area (Å²) in [6, 6.07) is 14.0. The summed E-state index contributed by atoms with van der Waals surface area (Å²) < 4.78 is 12.0. The molecule has 1 aliphatic heterocycles. The van der Waals surface area contributed by atoms with Crippen LogP contribution in [0.25, 0.3) is 22.3 Å². The summed E-state index contributed by atoms with van der Waals surface area (Å²) in [5.41, 5.74) is 4.05. The van der Waals surface area contributed by atoms with E-state index in [4.69, 9.17) is 9.15 Å². The van der Waals surface area contributed by atoms with Gasteiger partial charge in [0.15, 0.2) is 5.43 Å². The van der Waals surface area contributed by atoms with Crippen molar-refractivity contribution in [3.05, 3.63) is 87.2 Å². The first kappa shape index (κ1) is 24.5. The fourth-order valence-corrected chi connectivity index (χ4v) is 4.80. The van der Waals surface area contributed by atoms with Crippen molar-refractivity contribution in [3.8, 4) is 11.3 Å². The zero-order chi connectivity index (χ0) is 26.1. The first-order valence-corrected chi connectivity index (χ1v) is 12.3. The van der Waals surface area contributed by atoms with Gasteiger partial charge in [0.05, 0.1) is 30.2 Å². The SMILES string of the molecule is Cc1cc([C@@H](C)Nc2ccccc2C(=O)O)c2oc(-c3ccnc(N4CCOCC4)c3)c(C)c(=O)c2c1. The molecule has 0 saturated carbocycles. The zero-order valence-electron chi connectivity index (χ0n) is 21.1. The highest BCUT2D eigenvalue weighted by molar-refractivity contribution is 5.94. The first-order chi connectivity index (χ1) is 17.8. The van der Waals surface area contributed by atoms with Crippen LogP contribution in [0.2, 0.25) is 0 Å². The topological polar surface area (TPSA) is 105 Å². The molecule has 37 heavy (non-hydrogen) atoms. The summed E-state index contributed by atoms with van der Waals surface area (Å²) in [7, 11) is 0. The number of nitrogens with one attached hydrogen (secondary N) is 1. The number of aryl methyl sites for hydroxylation is 1. The lowest BCUT2D eigenvalue weighted by molar-refractivity contribution is 0.0698. The molecule has 0 amide bonds. The number of para-hydroxylation sites is 1. The average molecular weight is 500 g/mol. The fourth-order valence-electron chi connectivity index (χ4n) is 4.80. The van der Waals surface area contributed by atoms with E-state index in [0.29, 0.717) is 41.2 Å². The highest BCUT2D eigenvalue weighted by Crippen LogP contribution is 2.33. The van der Waals surface area contributed by atoms with Crippen LogP contribution >= 0.6 is 0 Å². The van der Waals surface area contributed by atoms with E-state index in [0.717, 1.165) is 35.6 Å². The molecule has 0 radical (unpaired) electrons. The Bertz CT molecular complexity index is 1540. The van der Waals surface area contributed by atoms with Gasteiger partial charge in [-0.1, -0.05) is 18.2 Å². The van der Waals surface area contributed by atoms with Crippen LogP contribution in [-0.4, -0.2) is 42.4 Å². The lowest BCUT2D eigenvalue weighted by Crippen LogP contribution is -2.36. The van der Waals surface area contributed by atoms with Crippen molar-refractivity contribution in [1.82, 2.24) is 4.98 Å². The zero-order valence-corrected chi connectivity index (χ0v) is 21.1. The lowest BCUT2D eigenvalue weighted by atomic mass is 9.98. The number of aromatic carboxylic acids is 1. The largest absolute Gasteiger partial charge is 0.478 e. The number of anilines is 2. The van der Waals surface area contributed by atoms with Crippen LogP contribution in [0.3, 0.4) is 0 Å². The van der Waals surface area contributed by atoms with Crippen LogP contribution < -0.4 is 15.6 Å². The van der Waals surface area contributed by atoms with Gasteiger partial charge in [0.1, 0.15) is 17.2 Å². The number of aromatic nitrogens is 1. The van der Waals surface area contributed by atoms with Crippen molar-refractivity contribution in [3.63, 3.8) is 0 Å². The van der Waals surface area contributed by atoms with Gasteiger partial charge in [-0.25, -0.2) is 9.78 Å². The summed E-state index contributed by atoms with van der Waals surface area (Å²) in [6.07, 6.45) is 1.73. The molecule has 2 aromatic carbocycles. The molecule has 1 fully saturated rings. The van der Waals surface area contributed by atoms with E-state index in [2.05, 4.69) is 15.2 Å². The Hall–Kier alpha value is -4.17. The molecule has 0 aliphatic carbocycles. The molecule has 2 N–H and O–H groups in total. The quantitative estimate of drug-likeness (QED) is 0.374. The Morgan fingerprint density at radius 2 is 1.86 bits per heavy atom. The first-order valence-electron chi connectivity index (χ1n) is 12.3. The van der Waals surface area contributed by atoms with Gasteiger partial charge < -0.3 is 24.5 Å². The van der Waals surface area contributed by atoms with E-state index in [1.54, 1.807) is 37.4 Å². The summed E-state index contributed by atoms with van der Waals surface area (Å²) in [5.74, 6) is 0.299. The number of benzene rings is 2. The van der Waals surface area contributed by atoms with Crippen molar-refractivity contribution in [2.75, 3.05) is 36.5 Å². The van der Waals surface area contributed by atoms with Gasteiger partial charge in [0.25, 0.3) is 0 Å². The molecule has 1 aliphatic rings. The highest BCUT2D eigenvalue weighted by Gasteiger charge is 2.21. The number of hydrogen-bond donors (Lipinski definition) is 2. The minimum Gasteiger partial charge on any atom is -0.478 e. The van der Waals surface area contributed by atoms with E-state index in [1.165, 1.54) is 0 Å². The van der Waals surface area contributed by atoms with Crippen molar-refractivity contribution in [2.45, 2.75) is 26.8 Å². The van der Waals surface area contributed by atoms with Gasteiger partial charge in [0.2, 0.25) is 0 Å². The summed E-state index contributed by atoms with van der Waals surface area (Å²) in [6.45, 7) is 8.44. The fraction of sp³-hybridized carbons (Fsp3) is 0.276. The van der Waals surface area contributed by atoms with Crippen LogP contribution in [0.15, 0.2) is 63.9 Å². The second-order valence-corrected chi connectivity index (χ2v) is 9.34. The number of carbonyl (C=O) groups is 1. The third-order valence-electron chi connectivity index (χ3n) is 6.73. The van der Waals surface area contributed by atoms with Gasteiger partial charge in [-0.2, -0.15) is 0 Å². The molecule has 2 aromatic heterocycles. The lowest BCUT2D eigenvalue weighted by Gasteiger charge is -2.28. The monoisotopic (exact) mass is 499 g/mol. The van der Waals surface area contributed by atoms with E-state index < -0.39 is 5.97 Å². The Morgan fingerprint density at radius 3 is 2.62 bits per heavy atom. The van der Waals surface area contributed by atoms with Gasteiger partial charge in [-0.15, -0.1) is 0 Å². The molecule has 190 valence electrons. The highest BCUT2D eigenvalue weighted by atomic mass is 16.5. The maximum atomic E-state index is 13.5. The van der Waals surface area contributed by atoms with Crippen molar-refractivity contribution in [1.29, 1.82) is 0 Å². The van der Waals surface area contributed by atoms with Gasteiger partial charge in [0, 0.05) is 41.7 Å². The number of carboxylic acids is 1. The van der Waals surface area contributed by atoms with Crippen LogP contribution in [0.1, 0.15) is 40.0 Å². The second-order valence-electron chi connectivity index (χ2n) is 9.34. The number of morpholine rings is 1. The van der Waals surface area contributed by atoms with E-state index in [9.17, 15) is 14.7 Å². The smallest absolute Gasteiger partial charge is 0.337 e. The summed E-state index contributed by atoms with van der Waals surface area (Å²) in [5, 5.41) is 13.4. The number of rotatable bonds is 6. The molecule has 1 saturated heterocycles. The Morgan fingerprint density at radius 1 is 1.11 bits per heavy atom. The number of ether oxygens (including phenoxy) is 1. The Labute approximate surface area is 214 Å². The Balaban J connectivity index is 1.61. The molecule has 8 nitrogen and oxygen atoms in total. The molecular weight excluding hydrogens is 470 g/mol. The number of nitrogens with zero attached hydrogens (tertiary/aromatic N) is 2. The van der Waals surface area contributed by atoms with Gasteiger partial charge >= 0.3 is 5.97 Å².